The fourth-order valence-electron chi connectivity index (χ4n) is 5.57. The first-order chi connectivity index (χ1) is 23.0. The van der Waals surface area contributed by atoms with Gasteiger partial charge in [0.15, 0.2) is 0 Å². The minimum absolute atomic E-state index is 0.00981. The number of fused-ring (bicyclic) bond motifs is 1. The number of ether oxygens (including phenoxy) is 1. The molecule has 0 saturated heterocycles. The molecule has 1 aliphatic carbocycles. The number of thiophene rings is 1. The minimum Gasteiger partial charge on any atom is -0.496 e. The van der Waals surface area contributed by atoms with E-state index in [-0.39, 0.29) is 18.5 Å². The van der Waals surface area contributed by atoms with Crippen molar-refractivity contribution in [2.75, 3.05) is 14.2 Å². The van der Waals surface area contributed by atoms with Crippen molar-refractivity contribution in [2.45, 2.75) is 56.7 Å². The summed E-state index contributed by atoms with van der Waals surface area (Å²) in [5.41, 5.74) is 1.70. The summed E-state index contributed by atoms with van der Waals surface area (Å²) >= 11 is 8.13. The Balaban J connectivity index is 0.000000698. The van der Waals surface area contributed by atoms with Crippen LogP contribution in [0.5, 0.6) is 5.75 Å². The lowest BCUT2D eigenvalue weighted by Gasteiger charge is -2.37. The van der Waals surface area contributed by atoms with E-state index in [1.54, 1.807) is 19.2 Å². The standard InChI is InChI=1S/C32H30ClF3N2O3S.C2HF3O2/c1-37-23-12-14-24(15-13-23)38(31(40)29-28(33)25-5-3-4-6-27(25)42-29)18-22-17-21(11-16-26(22)41-2)19-7-9-20(10-8-19)30(39)32(34,35)36;3-2(4,5)1(6)7/h3-11,16-17,23-24,37H,12-15,18H2,1-2H3;(H,6,7). The molecule has 1 saturated carbocycles. The van der Waals surface area contributed by atoms with Crippen LogP contribution in [-0.2, 0) is 11.3 Å². The topological polar surface area (TPSA) is 95.9 Å². The van der Waals surface area contributed by atoms with Gasteiger partial charge < -0.3 is 20.1 Å². The van der Waals surface area contributed by atoms with Crippen LogP contribution in [0.1, 0.15) is 51.3 Å². The zero-order valence-electron chi connectivity index (χ0n) is 26.1. The summed E-state index contributed by atoms with van der Waals surface area (Å²) in [4.78, 5) is 37.1. The van der Waals surface area contributed by atoms with Crippen LogP contribution in [0.4, 0.5) is 26.3 Å². The maximum Gasteiger partial charge on any atom is 0.490 e. The number of carbonyl (C=O) groups excluding carboxylic acids is 2. The normalized spacial score (nSPS) is 16.4. The number of amides is 1. The monoisotopic (exact) mass is 728 g/mol. The molecule has 0 atom stereocenters. The van der Waals surface area contributed by atoms with Crippen LogP contribution in [0.3, 0.4) is 0 Å². The van der Waals surface area contributed by atoms with E-state index in [4.69, 9.17) is 26.2 Å². The van der Waals surface area contributed by atoms with Crippen molar-refractivity contribution in [3.05, 3.63) is 87.8 Å². The molecule has 0 radical (unpaired) electrons. The number of carbonyl (C=O) groups is 3. The van der Waals surface area contributed by atoms with Gasteiger partial charge >= 0.3 is 18.3 Å². The Hall–Kier alpha value is -4.14. The minimum atomic E-state index is -5.08. The third kappa shape index (κ3) is 9.11. The number of carboxylic acids is 1. The van der Waals surface area contributed by atoms with Gasteiger partial charge in [0.2, 0.25) is 0 Å². The van der Waals surface area contributed by atoms with Gasteiger partial charge in [0.1, 0.15) is 10.6 Å². The van der Waals surface area contributed by atoms with E-state index in [1.165, 1.54) is 35.6 Å². The number of Topliss-reactive ketones (excluding diaryl/α,β-unsaturated/α-hetero) is 1. The van der Waals surface area contributed by atoms with E-state index in [1.807, 2.05) is 42.3 Å². The number of methoxy groups -OCH3 is 1. The van der Waals surface area contributed by atoms with Crippen molar-refractivity contribution in [1.82, 2.24) is 10.2 Å². The third-order valence-corrected chi connectivity index (χ3v) is 9.80. The summed E-state index contributed by atoms with van der Waals surface area (Å²) < 4.78 is 77.0. The number of hydrogen-bond acceptors (Lipinski definition) is 6. The largest absolute Gasteiger partial charge is 0.496 e. The number of carboxylic acid groups (broad SMARTS) is 1. The van der Waals surface area contributed by atoms with Crippen LogP contribution < -0.4 is 10.1 Å². The van der Waals surface area contributed by atoms with Gasteiger partial charge in [0, 0.05) is 39.8 Å². The van der Waals surface area contributed by atoms with Crippen molar-refractivity contribution in [3.63, 3.8) is 0 Å². The van der Waals surface area contributed by atoms with Gasteiger partial charge in [-0.1, -0.05) is 60.1 Å². The SMILES string of the molecule is CNC1CCC(N(Cc2cc(-c3ccc(C(=O)C(F)(F)F)cc3)ccc2OC)C(=O)c2sc3ccccc3c2Cl)CC1.O=C(O)C(F)(F)F. The number of halogens is 7. The van der Waals surface area contributed by atoms with E-state index < -0.39 is 29.7 Å². The lowest BCUT2D eigenvalue weighted by atomic mass is 9.89. The van der Waals surface area contributed by atoms with Crippen LogP contribution in [-0.4, -0.2) is 66.3 Å². The smallest absolute Gasteiger partial charge is 0.490 e. The van der Waals surface area contributed by atoms with Gasteiger partial charge in [0.05, 0.1) is 12.1 Å². The Kier molecular flexibility index (Phi) is 12.0. The lowest BCUT2D eigenvalue weighted by molar-refractivity contribution is -0.192. The number of aliphatic carboxylic acids is 1. The van der Waals surface area contributed by atoms with Crippen molar-refractivity contribution in [3.8, 4) is 16.9 Å². The van der Waals surface area contributed by atoms with E-state index in [0.29, 0.717) is 27.3 Å². The average Bonchev–Trinajstić information content (AvgIpc) is 3.42. The molecule has 262 valence electrons. The zero-order chi connectivity index (χ0) is 36.1. The molecule has 0 unspecified atom stereocenters. The van der Waals surface area contributed by atoms with Gasteiger partial charge in [-0.3, -0.25) is 9.59 Å². The quantitative estimate of drug-likeness (QED) is 0.139. The highest BCUT2D eigenvalue weighted by Crippen LogP contribution is 2.38. The molecule has 1 amide bonds. The van der Waals surface area contributed by atoms with E-state index >= 15 is 0 Å². The highest BCUT2D eigenvalue weighted by molar-refractivity contribution is 7.21. The van der Waals surface area contributed by atoms with Gasteiger partial charge in [0.25, 0.3) is 11.7 Å². The molecule has 0 spiro atoms. The lowest BCUT2D eigenvalue weighted by Crippen LogP contribution is -2.44. The third-order valence-electron chi connectivity index (χ3n) is 8.14. The number of benzene rings is 3. The number of nitrogens with one attached hydrogen (secondary N) is 1. The molecular formula is C34H31ClF6N2O5S. The molecule has 1 aliphatic rings. The van der Waals surface area contributed by atoms with Crippen molar-refractivity contribution in [1.29, 1.82) is 0 Å². The maximum atomic E-state index is 14.2. The highest BCUT2D eigenvalue weighted by atomic mass is 35.5. The second-order valence-corrected chi connectivity index (χ2v) is 12.6. The predicted octanol–water partition coefficient (Wildman–Crippen LogP) is 8.78. The number of nitrogens with zero attached hydrogens (tertiary/aromatic N) is 1. The molecule has 2 N–H and O–H groups in total. The van der Waals surface area contributed by atoms with Gasteiger partial charge in [-0.05, 0) is 62.1 Å². The molecular weight excluding hydrogens is 698 g/mol. The molecule has 0 aliphatic heterocycles. The van der Waals surface area contributed by atoms with Crippen LogP contribution in [0.2, 0.25) is 5.02 Å². The molecule has 1 fully saturated rings. The number of alkyl halides is 6. The summed E-state index contributed by atoms with van der Waals surface area (Å²) in [5, 5.41) is 11.8. The summed E-state index contributed by atoms with van der Waals surface area (Å²) in [6.45, 7) is 0.264. The molecule has 4 aromatic rings. The summed E-state index contributed by atoms with van der Waals surface area (Å²) in [7, 11) is 3.51. The van der Waals surface area contributed by atoms with E-state index in [9.17, 15) is 35.9 Å². The molecule has 0 bridgehead atoms. The van der Waals surface area contributed by atoms with Gasteiger partial charge in [-0.25, -0.2) is 4.79 Å². The fraction of sp³-hybridized carbons (Fsp3) is 0.324. The summed E-state index contributed by atoms with van der Waals surface area (Å²) in [5.74, 6) is -4.19. The molecule has 15 heteroatoms. The van der Waals surface area contributed by atoms with Crippen molar-refractivity contribution in [2.24, 2.45) is 0 Å². The Morgan fingerprint density at radius 1 is 0.918 bits per heavy atom. The number of ketones is 1. The Bertz CT molecular complexity index is 1800. The van der Waals surface area contributed by atoms with Crippen LogP contribution >= 0.6 is 22.9 Å². The average molecular weight is 729 g/mol. The fourth-order valence-corrected chi connectivity index (χ4v) is 7.04. The van der Waals surface area contributed by atoms with Crippen molar-refractivity contribution < 1.29 is 50.6 Å². The predicted molar refractivity (Wildman–Crippen MR) is 174 cm³/mol. The number of rotatable bonds is 8. The molecule has 1 aromatic heterocycles. The summed E-state index contributed by atoms with van der Waals surface area (Å²) in [6, 6.07) is 18.9. The Morgan fingerprint density at radius 2 is 1.51 bits per heavy atom. The highest BCUT2D eigenvalue weighted by Gasteiger charge is 2.39. The maximum absolute atomic E-state index is 14.2. The first-order valence-corrected chi connectivity index (χ1v) is 16.1. The van der Waals surface area contributed by atoms with Crippen LogP contribution in [0.15, 0.2) is 66.7 Å². The summed E-state index contributed by atoms with van der Waals surface area (Å²) in [6.07, 6.45) is -6.49. The molecule has 49 heavy (non-hydrogen) atoms. The molecule has 5 rings (SSSR count). The Labute approximate surface area is 286 Å². The second-order valence-electron chi connectivity index (χ2n) is 11.2. The van der Waals surface area contributed by atoms with Gasteiger partial charge in [-0.15, -0.1) is 11.3 Å². The Morgan fingerprint density at radius 3 is 2.04 bits per heavy atom. The van der Waals surface area contributed by atoms with E-state index in [0.717, 1.165) is 46.9 Å². The molecule has 1 heterocycles. The second kappa shape index (κ2) is 15.6. The van der Waals surface area contributed by atoms with Crippen LogP contribution in [0, 0.1) is 0 Å². The zero-order valence-corrected chi connectivity index (χ0v) is 27.7. The van der Waals surface area contributed by atoms with Crippen molar-refractivity contribution >= 4 is 50.7 Å². The van der Waals surface area contributed by atoms with E-state index in [2.05, 4.69) is 5.32 Å². The molecule has 7 nitrogen and oxygen atoms in total. The van der Waals surface area contributed by atoms with Crippen LogP contribution in [0.25, 0.3) is 21.2 Å². The molecule has 3 aromatic carbocycles. The first-order valence-electron chi connectivity index (χ1n) is 14.9. The first kappa shape index (κ1) is 37.7. The number of hydrogen-bond donors (Lipinski definition) is 2. The van der Waals surface area contributed by atoms with Gasteiger partial charge in [-0.2, -0.15) is 26.3 Å².